The molecule has 0 aromatic rings. The van der Waals surface area contributed by atoms with Crippen molar-refractivity contribution < 1.29 is 18.3 Å². The number of hydrogen-bond acceptors (Lipinski definition) is 3. The van der Waals surface area contributed by atoms with Gasteiger partial charge in [0.15, 0.2) is 0 Å². The Kier molecular flexibility index (Phi) is 6.91. The van der Waals surface area contributed by atoms with Crippen LogP contribution in [-0.4, -0.2) is 42.9 Å². The highest BCUT2D eigenvalue weighted by Crippen LogP contribution is 2.19. The molecule has 1 saturated heterocycles. The zero-order valence-corrected chi connectivity index (χ0v) is 13.2. The van der Waals surface area contributed by atoms with Crippen LogP contribution >= 0.6 is 0 Å². The van der Waals surface area contributed by atoms with E-state index in [2.05, 4.69) is 4.72 Å². The van der Waals surface area contributed by atoms with E-state index in [1.54, 1.807) is 4.31 Å². The normalized spacial score (nSPS) is 22.6. The highest BCUT2D eigenvalue weighted by molar-refractivity contribution is 7.87. The first kappa shape index (κ1) is 17.4. The Balaban J connectivity index is 2.34. The van der Waals surface area contributed by atoms with Gasteiger partial charge in [-0.1, -0.05) is 13.3 Å². The van der Waals surface area contributed by atoms with Crippen LogP contribution in [0.1, 0.15) is 52.4 Å². The van der Waals surface area contributed by atoms with Crippen LogP contribution in [0.2, 0.25) is 0 Å². The maximum atomic E-state index is 12.2. The van der Waals surface area contributed by atoms with Gasteiger partial charge in [0.25, 0.3) is 10.2 Å². The minimum atomic E-state index is -3.39. The van der Waals surface area contributed by atoms with E-state index in [1.807, 2.05) is 13.8 Å². The molecule has 118 valence electrons. The SMILES string of the molecule is CC(CCNS(=O)(=O)N1CCCCC1C)CCC(=O)O. The zero-order chi connectivity index (χ0) is 15.2. The largest absolute Gasteiger partial charge is 0.481 e. The molecule has 0 aliphatic carbocycles. The quantitative estimate of drug-likeness (QED) is 0.713. The van der Waals surface area contributed by atoms with Crippen molar-refractivity contribution in [2.45, 2.75) is 58.4 Å². The molecule has 6 nitrogen and oxygen atoms in total. The molecule has 1 rings (SSSR count). The number of carboxylic acids is 1. The summed E-state index contributed by atoms with van der Waals surface area (Å²) in [5, 5.41) is 8.60. The van der Waals surface area contributed by atoms with Gasteiger partial charge in [-0.2, -0.15) is 12.7 Å². The molecule has 2 unspecified atom stereocenters. The van der Waals surface area contributed by atoms with Crippen molar-refractivity contribution in [1.29, 1.82) is 0 Å². The van der Waals surface area contributed by atoms with E-state index < -0.39 is 16.2 Å². The number of nitrogens with one attached hydrogen (secondary N) is 1. The topological polar surface area (TPSA) is 86.7 Å². The van der Waals surface area contributed by atoms with Crippen LogP contribution < -0.4 is 4.72 Å². The third-order valence-corrected chi connectivity index (χ3v) is 5.55. The standard InChI is InChI=1S/C13H26N2O4S/c1-11(6-7-13(16)17)8-9-14-20(18,19)15-10-4-3-5-12(15)2/h11-12,14H,3-10H2,1-2H3,(H,16,17). The summed E-state index contributed by atoms with van der Waals surface area (Å²) in [7, 11) is -3.39. The van der Waals surface area contributed by atoms with Gasteiger partial charge in [0.05, 0.1) is 0 Å². The lowest BCUT2D eigenvalue weighted by Gasteiger charge is -2.32. The Morgan fingerprint density at radius 2 is 2.10 bits per heavy atom. The van der Waals surface area contributed by atoms with Crippen LogP contribution in [0.4, 0.5) is 0 Å². The number of piperidine rings is 1. The van der Waals surface area contributed by atoms with Crippen LogP contribution in [0.25, 0.3) is 0 Å². The van der Waals surface area contributed by atoms with Crippen LogP contribution in [0.5, 0.6) is 0 Å². The minimum Gasteiger partial charge on any atom is -0.481 e. The molecule has 1 fully saturated rings. The van der Waals surface area contributed by atoms with E-state index in [-0.39, 0.29) is 18.4 Å². The predicted molar refractivity (Wildman–Crippen MR) is 77.6 cm³/mol. The number of carbonyl (C=O) groups is 1. The summed E-state index contributed by atoms with van der Waals surface area (Å²) in [6.45, 7) is 4.84. The Morgan fingerprint density at radius 3 is 2.70 bits per heavy atom. The molecule has 0 radical (unpaired) electrons. The Bertz CT molecular complexity index is 411. The van der Waals surface area contributed by atoms with E-state index in [4.69, 9.17) is 5.11 Å². The first-order valence-corrected chi connectivity index (χ1v) is 8.75. The maximum absolute atomic E-state index is 12.2. The van der Waals surface area contributed by atoms with Gasteiger partial charge in [-0.05, 0) is 38.5 Å². The molecule has 20 heavy (non-hydrogen) atoms. The highest BCUT2D eigenvalue weighted by Gasteiger charge is 2.28. The summed E-state index contributed by atoms with van der Waals surface area (Å²) in [6.07, 6.45) is 4.29. The molecule has 1 aliphatic heterocycles. The van der Waals surface area contributed by atoms with Gasteiger partial charge in [0.2, 0.25) is 0 Å². The number of nitrogens with zero attached hydrogens (tertiary/aromatic N) is 1. The summed E-state index contributed by atoms with van der Waals surface area (Å²) in [6, 6.07) is 0.0608. The van der Waals surface area contributed by atoms with Gasteiger partial charge in [-0.25, -0.2) is 4.72 Å². The number of aliphatic carboxylic acids is 1. The van der Waals surface area contributed by atoms with Crippen molar-refractivity contribution in [3.8, 4) is 0 Å². The predicted octanol–water partition coefficient (Wildman–Crippen LogP) is 1.59. The average molecular weight is 306 g/mol. The van der Waals surface area contributed by atoms with Crippen molar-refractivity contribution in [2.75, 3.05) is 13.1 Å². The number of hydrogen-bond donors (Lipinski definition) is 2. The van der Waals surface area contributed by atoms with Crippen molar-refractivity contribution >= 4 is 16.2 Å². The number of rotatable bonds is 8. The molecule has 7 heteroatoms. The van der Waals surface area contributed by atoms with Gasteiger partial charge in [-0.3, -0.25) is 4.79 Å². The van der Waals surface area contributed by atoms with Crippen molar-refractivity contribution in [3.63, 3.8) is 0 Å². The minimum absolute atomic E-state index is 0.0608. The molecule has 2 N–H and O–H groups in total. The zero-order valence-electron chi connectivity index (χ0n) is 12.3. The molecule has 0 bridgehead atoms. The van der Waals surface area contributed by atoms with E-state index in [1.165, 1.54) is 0 Å². The second-order valence-corrected chi connectivity index (χ2v) is 7.39. The second kappa shape index (κ2) is 7.95. The summed E-state index contributed by atoms with van der Waals surface area (Å²) < 4.78 is 28.5. The lowest BCUT2D eigenvalue weighted by atomic mass is 10.0. The molecular formula is C13H26N2O4S. The molecule has 0 aromatic heterocycles. The Morgan fingerprint density at radius 1 is 1.40 bits per heavy atom. The fraction of sp³-hybridized carbons (Fsp3) is 0.923. The fourth-order valence-corrected chi connectivity index (χ4v) is 3.95. The third-order valence-electron chi connectivity index (χ3n) is 3.82. The Hall–Kier alpha value is -0.660. The molecule has 2 atom stereocenters. The molecule has 0 amide bonds. The van der Waals surface area contributed by atoms with E-state index >= 15 is 0 Å². The maximum Gasteiger partial charge on any atom is 0.303 e. The molecule has 1 aliphatic rings. The van der Waals surface area contributed by atoms with Crippen molar-refractivity contribution in [1.82, 2.24) is 9.03 Å². The van der Waals surface area contributed by atoms with Gasteiger partial charge >= 0.3 is 5.97 Å². The summed E-state index contributed by atoms with van der Waals surface area (Å²) >= 11 is 0. The smallest absolute Gasteiger partial charge is 0.303 e. The lowest BCUT2D eigenvalue weighted by molar-refractivity contribution is -0.137. The molecule has 1 heterocycles. The fourth-order valence-electron chi connectivity index (χ4n) is 2.46. The van der Waals surface area contributed by atoms with Crippen LogP contribution in [0.3, 0.4) is 0 Å². The van der Waals surface area contributed by atoms with Gasteiger partial charge in [-0.15, -0.1) is 0 Å². The monoisotopic (exact) mass is 306 g/mol. The van der Waals surface area contributed by atoms with Crippen LogP contribution in [0.15, 0.2) is 0 Å². The van der Waals surface area contributed by atoms with Gasteiger partial charge in [0, 0.05) is 25.6 Å². The number of carboxylic acid groups (broad SMARTS) is 1. The van der Waals surface area contributed by atoms with Gasteiger partial charge < -0.3 is 5.11 Å². The van der Waals surface area contributed by atoms with E-state index in [0.29, 0.717) is 25.9 Å². The van der Waals surface area contributed by atoms with E-state index in [0.717, 1.165) is 19.3 Å². The summed E-state index contributed by atoms with van der Waals surface area (Å²) in [5.74, 6) is -0.604. The van der Waals surface area contributed by atoms with Crippen molar-refractivity contribution in [3.05, 3.63) is 0 Å². The first-order chi connectivity index (χ1) is 9.33. The van der Waals surface area contributed by atoms with E-state index in [9.17, 15) is 13.2 Å². The van der Waals surface area contributed by atoms with Gasteiger partial charge in [0.1, 0.15) is 0 Å². The molecular weight excluding hydrogens is 280 g/mol. The van der Waals surface area contributed by atoms with Crippen LogP contribution in [-0.2, 0) is 15.0 Å². The summed E-state index contributed by atoms with van der Waals surface area (Å²) in [4.78, 5) is 10.5. The third kappa shape index (κ3) is 5.76. The molecule has 0 saturated carbocycles. The summed E-state index contributed by atoms with van der Waals surface area (Å²) in [5.41, 5.74) is 0. The molecule has 0 spiro atoms. The average Bonchev–Trinajstić information content (AvgIpc) is 2.36. The lowest BCUT2D eigenvalue weighted by Crippen LogP contribution is -2.48. The Labute approximate surface area is 121 Å². The first-order valence-electron chi connectivity index (χ1n) is 7.31. The van der Waals surface area contributed by atoms with Crippen molar-refractivity contribution in [2.24, 2.45) is 5.92 Å². The van der Waals surface area contributed by atoms with Crippen LogP contribution in [0, 0.1) is 5.92 Å². The second-order valence-electron chi connectivity index (χ2n) is 5.68. The highest BCUT2D eigenvalue weighted by atomic mass is 32.2. The molecule has 0 aromatic carbocycles.